The maximum absolute atomic E-state index is 12.8. The van der Waals surface area contributed by atoms with Crippen LogP contribution < -0.4 is 5.32 Å². The summed E-state index contributed by atoms with van der Waals surface area (Å²) in [5.74, 6) is -0.867. The fourth-order valence-electron chi connectivity index (χ4n) is 3.08. The van der Waals surface area contributed by atoms with E-state index in [0.717, 1.165) is 21.6 Å². The van der Waals surface area contributed by atoms with Crippen LogP contribution in [0.5, 0.6) is 0 Å². The monoisotopic (exact) mass is 504 g/mol. The summed E-state index contributed by atoms with van der Waals surface area (Å²) in [5.41, 5.74) is 0.659. The van der Waals surface area contributed by atoms with Crippen LogP contribution in [0.3, 0.4) is 0 Å². The molecule has 34 heavy (non-hydrogen) atoms. The number of alkyl carbamates (subject to hydrolysis) is 1. The van der Waals surface area contributed by atoms with Crippen molar-refractivity contribution in [1.82, 2.24) is 10.3 Å². The second-order valence-electron chi connectivity index (χ2n) is 8.70. The molecular weight excluding hydrogens is 476 g/mol. The number of amides is 1. The summed E-state index contributed by atoms with van der Waals surface area (Å²) in [7, 11) is -3.64. The molecule has 1 N–H and O–H groups in total. The van der Waals surface area contributed by atoms with Gasteiger partial charge in [-0.05, 0) is 51.3 Å². The van der Waals surface area contributed by atoms with Crippen LogP contribution in [0.15, 0.2) is 58.9 Å². The molecule has 182 valence electrons. The van der Waals surface area contributed by atoms with Gasteiger partial charge in [0.15, 0.2) is 0 Å². The Morgan fingerprint density at radius 3 is 2.41 bits per heavy atom. The molecule has 0 aliphatic rings. The summed E-state index contributed by atoms with van der Waals surface area (Å²) in [6, 6.07) is 15.3. The van der Waals surface area contributed by atoms with E-state index in [1.165, 1.54) is 0 Å². The molecule has 3 aromatic rings. The maximum atomic E-state index is 12.8. The van der Waals surface area contributed by atoms with Gasteiger partial charge in [0.05, 0.1) is 16.0 Å². The number of rotatable bonds is 9. The number of esters is 1. The standard InChI is InChI=1S/C24H28N2O6S2/c1-24(2,3)32-21(27)19(25-22(28)31-16-17-10-5-4-6-11-17)13-9-15-34(29,30)23-26-18-12-7-8-14-20(18)33-23/h4-8,10-12,14,19H,9,13,15-16H2,1-3H3,(H,25,28)/t19-/m0/s1. The zero-order valence-corrected chi connectivity index (χ0v) is 20.9. The van der Waals surface area contributed by atoms with E-state index in [0.29, 0.717) is 5.52 Å². The van der Waals surface area contributed by atoms with Crippen LogP contribution in [-0.4, -0.2) is 42.9 Å². The smallest absolute Gasteiger partial charge is 0.408 e. The van der Waals surface area contributed by atoms with Crippen molar-refractivity contribution in [3.63, 3.8) is 0 Å². The molecular formula is C24H28N2O6S2. The lowest BCUT2D eigenvalue weighted by atomic mass is 10.1. The summed E-state index contributed by atoms with van der Waals surface area (Å²) in [4.78, 5) is 29.2. The van der Waals surface area contributed by atoms with Gasteiger partial charge in [-0.3, -0.25) is 0 Å². The molecule has 0 bridgehead atoms. The van der Waals surface area contributed by atoms with Gasteiger partial charge in [-0.2, -0.15) is 0 Å². The van der Waals surface area contributed by atoms with Crippen molar-refractivity contribution < 1.29 is 27.5 Å². The van der Waals surface area contributed by atoms with Crippen LogP contribution in [0.1, 0.15) is 39.2 Å². The highest BCUT2D eigenvalue weighted by molar-refractivity contribution is 7.93. The Morgan fingerprint density at radius 2 is 1.74 bits per heavy atom. The molecule has 1 amide bonds. The van der Waals surface area contributed by atoms with Crippen molar-refractivity contribution in [1.29, 1.82) is 0 Å². The van der Waals surface area contributed by atoms with E-state index < -0.39 is 33.5 Å². The van der Waals surface area contributed by atoms with Crippen molar-refractivity contribution in [2.45, 2.75) is 56.2 Å². The van der Waals surface area contributed by atoms with Crippen LogP contribution in [0.25, 0.3) is 10.2 Å². The predicted octanol–water partition coefficient (Wildman–Crippen LogP) is 4.49. The van der Waals surface area contributed by atoms with Crippen LogP contribution in [0.4, 0.5) is 4.79 Å². The second-order valence-corrected chi connectivity index (χ2v) is 12.0. The number of thiazole rings is 1. The summed E-state index contributed by atoms with van der Waals surface area (Å²) in [6.45, 7) is 5.19. The van der Waals surface area contributed by atoms with E-state index in [2.05, 4.69) is 10.3 Å². The summed E-state index contributed by atoms with van der Waals surface area (Å²) >= 11 is 1.11. The van der Waals surface area contributed by atoms with E-state index in [4.69, 9.17) is 9.47 Å². The van der Waals surface area contributed by atoms with E-state index in [1.807, 2.05) is 42.5 Å². The third-order valence-electron chi connectivity index (χ3n) is 4.64. The Balaban J connectivity index is 1.62. The van der Waals surface area contributed by atoms with Gasteiger partial charge in [0, 0.05) is 0 Å². The molecule has 0 fully saturated rings. The molecule has 1 heterocycles. The minimum absolute atomic E-state index is 0.0396. The molecule has 0 radical (unpaired) electrons. The van der Waals surface area contributed by atoms with Crippen molar-refractivity contribution in [2.75, 3.05) is 5.75 Å². The number of hydrogen-bond donors (Lipinski definition) is 1. The topological polar surface area (TPSA) is 112 Å². The van der Waals surface area contributed by atoms with Gasteiger partial charge in [-0.25, -0.2) is 23.0 Å². The fourth-order valence-corrected chi connectivity index (χ4v) is 5.76. The number of ether oxygens (including phenoxy) is 2. The van der Waals surface area contributed by atoms with Gasteiger partial charge in [0.2, 0.25) is 14.2 Å². The zero-order valence-electron chi connectivity index (χ0n) is 19.3. The Kier molecular flexibility index (Phi) is 8.27. The van der Waals surface area contributed by atoms with E-state index >= 15 is 0 Å². The Bertz CT molecular complexity index is 1200. The number of para-hydroxylation sites is 1. The van der Waals surface area contributed by atoms with E-state index in [9.17, 15) is 18.0 Å². The normalized spacial score (nSPS) is 12.8. The highest BCUT2D eigenvalue weighted by Crippen LogP contribution is 2.26. The molecule has 1 atom stereocenters. The highest BCUT2D eigenvalue weighted by atomic mass is 32.2. The lowest BCUT2D eigenvalue weighted by molar-refractivity contribution is -0.157. The lowest BCUT2D eigenvalue weighted by Gasteiger charge is -2.24. The third-order valence-corrected chi connectivity index (χ3v) is 7.93. The first-order valence-electron chi connectivity index (χ1n) is 10.8. The largest absolute Gasteiger partial charge is 0.458 e. The van der Waals surface area contributed by atoms with Crippen molar-refractivity contribution in [2.24, 2.45) is 0 Å². The van der Waals surface area contributed by atoms with Gasteiger partial charge < -0.3 is 14.8 Å². The first kappa shape index (κ1) is 25.6. The minimum atomic E-state index is -3.64. The molecule has 1 aromatic heterocycles. The molecule has 3 rings (SSSR count). The molecule has 8 nitrogen and oxygen atoms in total. The SMILES string of the molecule is CC(C)(C)OC(=O)[C@H](CCCS(=O)(=O)c1nc2ccccc2s1)NC(=O)OCc1ccccc1. The van der Waals surface area contributed by atoms with Crippen molar-refractivity contribution in [3.05, 3.63) is 60.2 Å². The molecule has 0 saturated carbocycles. The molecule has 0 saturated heterocycles. The average molecular weight is 505 g/mol. The van der Waals surface area contributed by atoms with Gasteiger partial charge in [0.1, 0.15) is 18.2 Å². The third kappa shape index (κ3) is 7.53. The Hall–Kier alpha value is -2.98. The van der Waals surface area contributed by atoms with E-state index in [-0.39, 0.29) is 29.5 Å². The number of benzene rings is 2. The lowest BCUT2D eigenvalue weighted by Crippen LogP contribution is -2.44. The molecule has 0 spiro atoms. The van der Waals surface area contributed by atoms with E-state index in [1.54, 1.807) is 32.9 Å². The molecule has 0 aliphatic carbocycles. The average Bonchev–Trinajstić information content (AvgIpc) is 3.22. The van der Waals surface area contributed by atoms with Gasteiger partial charge >= 0.3 is 12.1 Å². The van der Waals surface area contributed by atoms with Gasteiger partial charge in [-0.15, -0.1) is 11.3 Å². The van der Waals surface area contributed by atoms with Crippen LogP contribution >= 0.6 is 11.3 Å². The summed E-state index contributed by atoms with van der Waals surface area (Å²) in [5, 5.41) is 2.51. The summed E-state index contributed by atoms with van der Waals surface area (Å²) < 4.78 is 37.0. The van der Waals surface area contributed by atoms with Crippen LogP contribution in [0, 0.1) is 0 Å². The number of aromatic nitrogens is 1. The molecule has 10 heteroatoms. The minimum Gasteiger partial charge on any atom is -0.458 e. The quantitative estimate of drug-likeness (QED) is 0.427. The number of carbonyl (C=O) groups is 2. The number of fused-ring (bicyclic) bond motifs is 1. The Labute approximate surface area is 203 Å². The Morgan fingerprint density at radius 1 is 1.06 bits per heavy atom. The van der Waals surface area contributed by atoms with Gasteiger partial charge in [0.25, 0.3) is 0 Å². The number of hydrogen-bond acceptors (Lipinski definition) is 8. The van der Waals surface area contributed by atoms with Gasteiger partial charge in [-0.1, -0.05) is 42.5 Å². The van der Waals surface area contributed by atoms with Crippen LogP contribution in [-0.2, 0) is 30.7 Å². The number of nitrogens with zero attached hydrogens (tertiary/aromatic N) is 1. The second kappa shape index (κ2) is 11.0. The zero-order chi connectivity index (χ0) is 24.8. The fraction of sp³-hybridized carbons (Fsp3) is 0.375. The number of nitrogens with one attached hydrogen (secondary N) is 1. The first-order chi connectivity index (χ1) is 16.0. The van der Waals surface area contributed by atoms with Crippen molar-refractivity contribution >= 4 is 43.5 Å². The maximum Gasteiger partial charge on any atom is 0.408 e. The van der Waals surface area contributed by atoms with Crippen molar-refractivity contribution in [3.8, 4) is 0 Å². The first-order valence-corrected chi connectivity index (χ1v) is 13.3. The summed E-state index contributed by atoms with van der Waals surface area (Å²) in [6.07, 6.45) is -0.589. The molecule has 0 unspecified atom stereocenters. The number of carbonyl (C=O) groups excluding carboxylic acids is 2. The highest BCUT2D eigenvalue weighted by Gasteiger charge is 2.28. The predicted molar refractivity (Wildman–Crippen MR) is 130 cm³/mol. The molecule has 0 aliphatic heterocycles. The number of sulfone groups is 1. The molecule has 2 aromatic carbocycles. The van der Waals surface area contributed by atoms with Crippen LogP contribution in [0.2, 0.25) is 0 Å².